The van der Waals surface area contributed by atoms with Crippen LogP contribution < -0.4 is 14.4 Å². The number of amides is 1. The molecule has 1 aromatic heterocycles. The standard InChI is InChI=1S/C19H22N4O5/c1-27-16-5-2-3-6-17(16)28-14-19(24)22-10-4-9-21(11-12-22)18-8-7-15(13-20-18)23(25)26/h2-3,5-8,13H,4,9-12,14H2,1H3. The van der Waals surface area contributed by atoms with Gasteiger partial charge in [0.1, 0.15) is 12.0 Å². The summed E-state index contributed by atoms with van der Waals surface area (Å²) in [7, 11) is 1.56. The Bertz CT molecular complexity index is 827. The van der Waals surface area contributed by atoms with Crippen LogP contribution in [0.15, 0.2) is 42.6 Å². The molecule has 2 aromatic rings. The average Bonchev–Trinajstić information content (AvgIpc) is 2.98. The Kier molecular flexibility index (Phi) is 6.25. The lowest BCUT2D eigenvalue weighted by molar-refractivity contribution is -0.385. The first-order chi connectivity index (χ1) is 13.6. The molecule has 3 rings (SSSR count). The van der Waals surface area contributed by atoms with Crippen molar-refractivity contribution in [2.45, 2.75) is 6.42 Å². The molecule has 0 radical (unpaired) electrons. The summed E-state index contributed by atoms with van der Waals surface area (Å²) in [6.45, 7) is 2.42. The van der Waals surface area contributed by atoms with Crippen LogP contribution in [-0.2, 0) is 4.79 Å². The number of pyridine rings is 1. The van der Waals surface area contributed by atoms with Crippen molar-refractivity contribution in [3.8, 4) is 11.5 Å². The molecule has 0 saturated carbocycles. The van der Waals surface area contributed by atoms with E-state index in [9.17, 15) is 14.9 Å². The van der Waals surface area contributed by atoms with E-state index in [0.717, 1.165) is 13.0 Å². The summed E-state index contributed by atoms with van der Waals surface area (Å²) in [4.78, 5) is 30.8. The van der Waals surface area contributed by atoms with Gasteiger partial charge in [0.25, 0.3) is 11.6 Å². The molecule has 1 saturated heterocycles. The normalized spacial score (nSPS) is 14.3. The predicted molar refractivity (Wildman–Crippen MR) is 103 cm³/mol. The van der Waals surface area contributed by atoms with Gasteiger partial charge in [-0.1, -0.05) is 12.1 Å². The zero-order valence-corrected chi connectivity index (χ0v) is 15.6. The number of nitrogens with zero attached hydrogens (tertiary/aromatic N) is 4. The fraction of sp³-hybridized carbons (Fsp3) is 0.368. The van der Waals surface area contributed by atoms with E-state index in [1.54, 1.807) is 30.2 Å². The van der Waals surface area contributed by atoms with Gasteiger partial charge in [0.05, 0.1) is 12.0 Å². The van der Waals surface area contributed by atoms with Gasteiger partial charge in [0, 0.05) is 32.2 Å². The number of carbonyl (C=O) groups is 1. The molecule has 0 aliphatic carbocycles. The Balaban J connectivity index is 1.55. The SMILES string of the molecule is COc1ccccc1OCC(=O)N1CCCN(c2ccc([N+](=O)[O-])cn2)CC1. The van der Waals surface area contributed by atoms with Crippen molar-refractivity contribution in [1.82, 2.24) is 9.88 Å². The number of ether oxygens (including phenoxy) is 2. The molecule has 0 spiro atoms. The maximum atomic E-state index is 12.5. The molecule has 1 amide bonds. The Labute approximate surface area is 162 Å². The van der Waals surface area contributed by atoms with Crippen LogP contribution in [0.5, 0.6) is 11.5 Å². The summed E-state index contributed by atoms with van der Waals surface area (Å²) in [5.74, 6) is 1.70. The minimum atomic E-state index is -0.471. The first kappa shape index (κ1) is 19.4. The molecule has 1 fully saturated rings. The zero-order chi connectivity index (χ0) is 19.9. The van der Waals surface area contributed by atoms with E-state index in [-0.39, 0.29) is 18.2 Å². The molecule has 9 heteroatoms. The molecule has 1 aromatic carbocycles. The van der Waals surface area contributed by atoms with Crippen LogP contribution in [0.3, 0.4) is 0 Å². The molecule has 148 valence electrons. The number of methoxy groups -OCH3 is 1. The van der Waals surface area contributed by atoms with E-state index in [1.807, 2.05) is 17.0 Å². The number of carbonyl (C=O) groups excluding carboxylic acids is 1. The van der Waals surface area contributed by atoms with Gasteiger partial charge in [0.15, 0.2) is 18.1 Å². The Morgan fingerprint density at radius 3 is 2.61 bits per heavy atom. The van der Waals surface area contributed by atoms with E-state index >= 15 is 0 Å². The number of aromatic nitrogens is 1. The van der Waals surface area contributed by atoms with Gasteiger partial charge in [-0.3, -0.25) is 14.9 Å². The second-order valence-electron chi connectivity index (χ2n) is 6.29. The third-order valence-electron chi connectivity index (χ3n) is 4.54. The number of rotatable bonds is 6. The minimum absolute atomic E-state index is 0.0381. The number of benzene rings is 1. The minimum Gasteiger partial charge on any atom is -0.493 e. The van der Waals surface area contributed by atoms with Crippen LogP contribution in [0.1, 0.15) is 6.42 Å². The summed E-state index contributed by atoms with van der Waals surface area (Å²) in [6.07, 6.45) is 2.03. The summed E-state index contributed by atoms with van der Waals surface area (Å²) in [5.41, 5.74) is -0.0381. The van der Waals surface area contributed by atoms with Crippen molar-refractivity contribution in [2.75, 3.05) is 44.8 Å². The van der Waals surface area contributed by atoms with Gasteiger partial charge in [-0.05, 0) is 24.6 Å². The van der Waals surface area contributed by atoms with Gasteiger partial charge < -0.3 is 19.3 Å². The smallest absolute Gasteiger partial charge is 0.287 e. The van der Waals surface area contributed by atoms with Crippen molar-refractivity contribution < 1.29 is 19.2 Å². The van der Waals surface area contributed by atoms with Crippen molar-refractivity contribution in [3.05, 3.63) is 52.7 Å². The van der Waals surface area contributed by atoms with Crippen molar-refractivity contribution in [3.63, 3.8) is 0 Å². The fourth-order valence-electron chi connectivity index (χ4n) is 3.04. The Hall–Kier alpha value is -3.36. The van der Waals surface area contributed by atoms with E-state index in [1.165, 1.54) is 12.3 Å². The van der Waals surface area contributed by atoms with Gasteiger partial charge in [-0.25, -0.2) is 4.98 Å². The molecule has 28 heavy (non-hydrogen) atoms. The van der Waals surface area contributed by atoms with E-state index < -0.39 is 4.92 Å². The van der Waals surface area contributed by atoms with Crippen LogP contribution in [0.2, 0.25) is 0 Å². The van der Waals surface area contributed by atoms with Gasteiger partial charge in [-0.2, -0.15) is 0 Å². The highest BCUT2D eigenvalue weighted by molar-refractivity contribution is 5.78. The van der Waals surface area contributed by atoms with Crippen molar-refractivity contribution >= 4 is 17.4 Å². The summed E-state index contributed by atoms with van der Waals surface area (Å²) >= 11 is 0. The van der Waals surface area contributed by atoms with Crippen molar-refractivity contribution in [1.29, 1.82) is 0 Å². The lowest BCUT2D eigenvalue weighted by Gasteiger charge is -2.23. The van der Waals surface area contributed by atoms with Crippen LogP contribution in [-0.4, -0.2) is 60.6 Å². The highest BCUT2D eigenvalue weighted by atomic mass is 16.6. The number of anilines is 1. The lowest BCUT2D eigenvalue weighted by Crippen LogP contribution is -2.38. The topological polar surface area (TPSA) is 98.0 Å². The lowest BCUT2D eigenvalue weighted by atomic mass is 10.3. The molecule has 0 unspecified atom stereocenters. The van der Waals surface area contributed by atoms with Crippen LogP contribution in [0, 0.1) is 10.1 Å². The third kappa shape index (κ3) is 4.67. The van der Waals surface area contributed by atoms with Crippen molar-refractivity contribution in [2.24, 2.45) is 0 Å². The van der Waals surface area contributed by atoms with Gasteiger partial charge in [0.2, 0.25) is 0 Å². The first-order valence-electron chi connectivity index (χ1n) is 8.97. The predicted octanol–water partition coefficient (Wildman–Crippen LogP) is 2.12. The Morgan fingerprint density at radius 1 is 1.14 bits per heavy atom. The highest BCUT2D eigenvalue weighted by Crippen LogP contribution is 2.25. The van der Waals surface area contributed by atoms with Gasteiger partial charge >= 0.3 is 0 Å². The molecule has 0 N–H and O–H groups in total. The first-order valence-corrected chi connectivity index (χ1v) is 8.97. The molecule has 1 aliphatic heterocycles. The van der Waals surface area contributed by atoms with Crippen LogP contribution in [0.4, 0.5) is 11.5 Å². The largest absolute Gasteiger partial charge is 0.493 e. The molecule has 1 aliphatic rings. The Morgan fingerprint density at radius 2 is 1.93 bits per heavy atom. The highest BCUT2D eigenvalue weighted by Gasteiger charge is 2.21. The fourth-order valence-corrected chi connectivity index (χ4v) is 3.04. The van der Waals surface area contributed by atoms with Crippen LogP contribution >= 0.6 is 0 Å². The van der Waals surface area contributed by atoms with Gasteiger partial charge in [-0.15, -0.1) is 0 Å². The molecule has 0 bridgehead atoms. The zero-order valence-electron chi connectivity index (χ0n) is 15.6. The second kappa shape index (κ2) is 9.03. The second-order valence-corrected chi connectivity index (χ2v) is 6.29. The summed E-state index contributed by atoms with van der Waals surface area (Å²) in [5, 5.41) is 10.8. The quantitative estimate of drug-likeness (QED) is 0.554. The van der Waals surface area contributed by atoms with E-state index in [0.29, 0.717) is 37.0 Å². The van der Waals surface area contributed by atoms with E-state index in [2.05, 4.69) is 4.98 Å². The van der Waals surface area contributed by atoms with E-state index in [4.69, 9.17) is 9.47 Å². The maximum absolute atomic E-state index is 12.5. The monoisotopic (exact) mass is 386 g/mol. The number of hydrogen-bond acceptors (Lipinski definition) is 7. The number of para-hydroxylation sites is 2. The number of nitro groups is 1. The average molecular weight is 386 g/mol. The maximum Gasteiger partial charge on any atom is 0.287 e. The molecule has 2 heterocycles. The molecular formula is C19H22N4O5. The molecular weight excluding hydrogens is 364 g/mol. The number of hydrogen-bond donors (Lipinski definition) is 0. The molecule has 9 nitrogen and oxygen atoms in total. The van der Waals surface area contributed by atoms with Crippen LogP contribution in [0.25, 0.3) is 0 Å². The summed E-state index contributed by atoms with van der Waals surface area (Å²) in [6, 6.07) is 10.3. The molecule has 0 atom stereocenters. The third-order valence-corrected chi connectivity index (χ3v) is 4.54. The summed E-state index contributed by atoms with van der Waals surface area (Å²) < 4.78 is 10.8.